The lowest BCUT2D eigenvalue weighted by atomic mass is 10.1. The van der Waals surface area contributed by atoms with E-state index in [2.05, 4.69) is 40.2 Å². The van der Waals surface area contributed by atoms with Crippen molar-refractivity contribution >= 4 is 11.3 Å². The van der Waals surface area contributed by atoms with Crippen molar-refractivity contribution in [2.24, 2.45) is 0 Å². The second-order valence-corrected chi connectivity index (χ2v) is 6.17. The first kappa shape index (κ1) is 13.8. The van der Waals surface area contributed by atoms with Crippen LogP contribution in [0.5, 0.6) is 0 Å². The van der Waals surface area contributed by atoms with Gasteiger partial charge in [-0.05, 0) is 37.3 Å². The Kier molecular flexibility index (Phi) is 4.19. The molecule has 0 spiro atoms. The Labute approximate surface area is 123 Å². The molecular weight excluding hydrogens is 270 g/mol. The van der Waals surface area contributed by atoms with Crippen LogP contribution in [0.15, 0.2) is 23.8 Å². The van der Waals surface area contributed by atoms with Crippen molar-refractivity contribution in [3.8, 4) is 0 Å². The van der Waals surface area contributed by atoms with E-state index in [4.69, 9.17) is 4.74 Å². The van der Waals surface area contributed by atoms with Crippen LogP contribution in [0.4, 0.5) is 0 Å². The maximum atomic E-state index is 5.91. The first-order valence-electron chi connectivity index (χ1n) is 7.18. The van der Waals surface area contributed by atoms with Gasteiger partial charge in [0.25, 0.3) is 0 Å². The molecule has 1 N–H and O–H groups in total. The molecule has 1 fully saturated rings. The van der Waals surface area contributed by atoms with E-state index in [9.17, 15) is 0 Å². The number of aryl methyl sites for hydroxylation is 2. The summed E-state index contributed by atoms with van der Waals surface area (Å²) in [5.41, 5.74) is 1.37. The zero-order valence-corrected chi connectivity index (χ0v) is 12.8. The second-order valence-electron chi connectivity index (χ2n) is 5.17. The van der Waals surface area contributed by atoms with E-state index >= 15 is 0 Å². The molecule has 3 rings (SSSR count). The van der Waals surface area contributed by atoms with E-state index in [1.54, 1.807) is 0 Å². The Balaban J connectivity index is 1.68. The van der Waals surface area contributed by atoms with Crippen LogP contribution in [0.25, 0.3) is 0 Å². The predicted octanol–water partition coefficient (Wildman–Crippen LogP) is 2.89. The quantitative estimate of drug-likeness (QED) is 0.920. The molecule has 3 heterocycles. The van der Waals surface area contributed by atoms with Crippen molar-refractivity contribution in [1.82, 2.24) is 14.9 Å². The van der Waals surface area contributed by atoms with Gasteiger partial charge in [0.2, 0.25) is 0 Å². The number of hydrogen-bond donors (Lipinski definition) is 1. The molecule has 0 radical (unpaired) electrons. The number of aromatic nitrogens is 2. The average molecular weight is 291 g/mol. The molecule has 0 saturated carbocycles. The summed E-state index contributed by atoms with van der Waals surface area (Å²) in [6.45, 7) is 6.96. The molecule has 1 aliphatic rings. The first-order chi connectivity index (χ1) is 9.79. The summed E-state index contributed by atoms with van der Waals surface area (Å²) in [5, 5.41) is 5.80. The SMILES string of the molecule is CCn1ccnc1[C@H]1OCC[C@@H]1NCc1sccc1C. The van der Waals surface area contributed by atoms with Crippen LogP contribution < -0.4 is 5.32 Å². The maximum absolute atomic E-state index is 5.91. The second kappa shape index (κ2) is 6.08. The van der Waals surface area contributed by atoms with E-state index in [1.165, 1.54) is 10.4 Å². The predicted molar refractivity (Wildman–Crippen MR) is 80.9 cm³/mol. The van der Waals surface area contributed by atoms with Gasteiger partial charge >= 0.3 is 0 Å². The van der Waals surface area contributed by atoms with Crippen molar-refractivity contribution in [3.05, 3.63) is 40.1 Å². The van der Waals surface area contributed by atoms with Crippen molar-refractivity contribution in [2.45, 2.75) is 45.5 Å². The molecule has 0 bridgehead atoms. The van der Waals surface area contributed by atoms with E-state index < -0.39 is 0 Å². The number of rotatable bonds is 5. The van der Waals surface area contributed by atoms with Gasteiger partial charge in [0.15, 0.2) is 0 Å². The topological polar surface area (TPSA) is 39.1 Å². The van der Waals surface area contributed by atoms with Crippen LogP contribution in [0.1, 0.15) is 35.7 Å². The number of thiophene rings is 1. The largest absolute Gasteiger partial charge is 0.369 e. The monoisotopic (exact) mass is 291 g/mol. The highest BCUT2D eigenvalue weighted by Gasteiger charge is 2.32. The van der Waals surface area contributed by atoms with Gasteiger partial charge in [-0.1, -0.05) is 0 Å². The average Bonchev–Trinajstić information content (AvgIpc) is 3.16. The summed E-state index contributed by atoms with van der Waals surface area (Å²) >= 11 is 1.82. The minimum atomic E-state index is 0.0743. The van der Waals surface area contributed by atoms with E-state index in [1.807, 2.05) is 23.7 Å². The molecule has 0 aliphatic carbocycles. The smallest absolute Gasteiger partial charge is 0.139 e. The Bertz CT molecular complexity index is 563. The summed E-state index contributed by atoms with van der Waals surface area (Å²) < 4.78 is 8.08. The van der Waals surface area contributed by atoms with Gasteiger partial charge in [0.05, 0.1) is 0 Å². The first-order valence-corrected chi connectivity index (χ1v) is 8.06. The lowest BCUT2D eigenvalue weighted by Crippen LogP contribution is -2.32. The lowest BCUT2D eigenvalue weighted by molar-refractivity contribution is 0.0886. The molecule has 1 saturated heterocycles. The van der Waals surface area contributed by atoms with Gasteiger partial charge in [-0.15, -0.1) is 11.3 Å². The zero-order chi connectivity index (χ0) is 13.9. The van der Waals surface area contributed by atoms with Crippen molar-refractivity contribution in [1.29, 1.82) is 0 Å². The summed E-state index contributed by atoms with van der Waals surface area (Å²) in [5.74, 6) is 1.05. The van der Waals surface area contributed by atoms with Crippen molar-refractivity contribution in [2.75, 3.05) is 6.61 Å². The molecule has 0 unspecified atom stereocenters. The van der Waals surface area contributed by atoms with E-state index in [0.717, 1.165) is 31.9 Å². The summed E-state index contributed by atoms with van der Waals surface area (Å²) in [7, 11) is 0. The van der Waals surface area contributed by atoms with Gasteiger partial charge in [-0.3, -0.25) is 0 Å². The summed E-state index contributed by atoms with van der Waals surface area (Å²) in [6.07, 6.45) is 5.01. The fourth-order valence-electron chi connectivity index (χ4n) is 2.71. The van der Waals surface area contributed by atoms with Crippen molar-refractivity contribution in [3.63, 3.8) is 0 Å². The van der Waals surface area contributed by atoms with Crippen molar-refractivity contribution < 1.29 is 4.74 Å². The third kappa shape index (κ3) is 2.66. The van der Waals surface area contributed by atoms with Crippen LogP contribution >= 0.6 is 11.3 Å². The lowest BCUT2D eigenvalue weighted by Gasteiger charge is -2.20. The molecular formula is C15H21N3OS. The van der Waals surface area contributed by atoms with Gasteiger partial charge in [-0.2, -0.15) is 0 Å². The molecule has 4 nitrogen and oxygen atoms in total. The van der Waals surface area contributed by atoms with E-state index in [0.29, 0.717) is 6.04 Å². The number of imidazole rings is 1. The van der Waals surface area contributed by atoms with Crippen LogP contribution in [0, 0.1) is 6.92 Å². The standard InChI is InChI=1S/C15H21N3OS/c1-3-18-7-6-16-15(18)14-12(4-8-19-14)17-10-13-11(2)5-9-20-13/h5-7,9,12,14,17H,3-4,8,10H2,1-2H3/t12-,14-/m0/s1. The fraction of sp³-hybridized carbons (Fsp3) is 0.533. The van der Waals surface area contributed by atoms with Crippen LogP contribution in [-0.4, -0.2) is 22.2 Å². The minimum absolute atomic E-state index is 0.0743. The number of ether oxygens (including phenoxy) is 1. The Hall–Kier alpha value is -1.17. The van der Waals surface area contributed by atoms with Crippen LogP contribution in [-0.2, 0) is 17.8 Å². The number of hydrogen-bond acceptors (Lipinski definition) is 4. The number of nitrogens with zero attached hydrogens (tertiary/aromatic N) is 2. The normalized spacial score (nSPS) is 22.5. The Morgan fingerprint density at radius 1 is 1.55 bits per heavy atom. The van der Waals surface area contributed by atoms with Gasteiger partial charge in [0, 0.05) is 43.0 Å². The fourth-order valence-corrected chi connectivity index (χ4v) is 3.56. The maximum Gasteiger partial charge on any atom is 0.139 e. The Morgan fingerprint density at radius 2 is 2.45 bits per heavy atom. The van der Waals surface area contributed by atoms with Gasteiger partial charge < -0.3 is 14.6 Å². The van der Waals surface area contributed by atoms with E-state index in [-0.39, 0.29) is 6.10 Å². The molecule has 5 heteroatoms. The molecule has 1 aliphatic heterocycles. The summed E-state index contributed by atoms with van der Waals surface area (Å²) in [4.78, 5) is 5.89. The molecule has 2 aromatic heterocycles. The van der Waals surface area contributed by atoms with Crippen LogP contribution in [0.2, 0.25) is 0 Å². The third-order valence-electron chi connectivity index (χ3n) is 3.93. The summed E-state index contributed by atoms with van der Waals surface area (Å²) in [6, 6.07) is 2.53. The Morgan fingerprint density at radius 3 is 3.20 bits per heavy atom. The molecule has 108 valence electrons. The minimum Gasteiger partial charge on any atom is -0.369 e. The highest BCUT2D eigenvalue weighted by atomic mass is 32.1. The molecule has 0 amide bonds. The van der Waals surface area contributed by atoms with Crippen LogP contribution in [0.3, 0.4) is 0 Å². The molecule has 20 heavy (non-hydrogen) atoms. The molecule has 2 atom stereocenters. The van der Waals surface area contributed by atoms with Gasteiger partial charge in [0.1, 0.15) is 11.9 Å². The zero-order valence-electron chi connectivity index (χ0n) is 12.0. The highest BCUT2D eigenvalue weighted by Crippen LogP contribution is 2.28. The molecule has 0 aromatic carbocycles. The molecule has 2 aromatic rings. The third-order valence-corrected chi connectivity index (χ3v) is 4.95. The number of nitrogens with one attached hydrogen (secondary N) is 1. The highest BCUT2D eigenvalue weighted by molar-refractivity contribution is 7.10. The van der Waals surface area contributed by atoms with Gasteiger partial charge in [-0.25, -0.2) is 4.98 Å².